The molecule has 52 heavy (non-hydrogen) atoms. The predicted octanol–water partition coefficient (Wildman–Crippen LogP) is 4.28. The number of carbonyl (C=O) groups is 2. The van der Waals surface area contributed by atoms with Gasteiger partial charge in [-0.3, -0.25) is 14.4 Å². The Labute approximate surface area is 293 Å². The molecule has 9 rings (SSSR count). The van der Waals surface area contributed by atoms with Crippen molar-refractivity contribution in [2.45, 2.75) is 45.3 Å². The molecule has 2 N–H and O–H groups in total. The van der Waals surface area contributed by atoms with E-state index in [0.717, 1.165) is 0 Å². The molecule has 2 amide bonds. The number of anilines is 1. The van der Waals surface area contributed by atoms with Crippen molar-refractivity contribution in [3.63, 3.8) is 0 Å². The summed E-state index contributed by atoms with van der Waals surface area (Å²) in [5.41, 5.74) is -0.800. The van der Waals surface area contributed by atoms with Crippen LogP contribution in [-0.4, -0.2) is 87.3 Å². The second-order valence-corrected chi connectivity index (χ2v) is 13.7. The Bertz CT molecular complexity index is 2290. The minimum absolute atomic E-state index is 0.0119. The maximum absolute atomic E-state index is 14.3. The molecule has 4 aromatic heterocycles. The number of hydrogen-bond acceptors (Lipinski definition) is 11. The summed E-state index contributed by atoms with van der Waals surface area (Å²) < 4.78 is 58.8. The summed E-state index contributed by atoms with van der Waals surface area (Å²) in [5.74, 6) is -0.614. The Balaban J connectivity index is 1.09. The van der Waals surface area contributed by atoms with Crippen molar-refractivity contribution in [2.75, 3.05) is 44.7 Å². The summed E-state index contributed by atoms with van der Waals surface area (Å²) in [7, 11) is 1.47. The van der Waals surface area contributed by atoms with Crippen molar-refractivity contribution in [3.05, 3.63) is 58.3 Å². The fourth-order valence-corrected chi connectivity index (χ4v) is 8.05. The number of methoxy groups -OCH3 is 1. The largest absolute Gasteiger partial charge is 0.507 e. The van der Waals surface area contributed by atoms with Crippen LogP contribution in [0.2, 0.25) is 0 Å². The van der Waals surface area contributed by atoms with Gasteiger partial charge in [0.25, 0.3) is 5.91 Å². The molecule has 1 aliphatic heterocycles. The van der Waals surface area contributed by atoms with Crippen molar-refractivity contribution >= 4 is 39.8 Å². The number of rotatable bonds is 9. The summed E-state index contributed by atoms with van der Waals surface area (Å²) in [6.07, 6.45) is -1.82. The lowest BCUT2D eigenvalue weighted by Crippen LogP contribution is -2.72. The first-order chi connectivity index (χ1) is 24.9. The van der Waals surface area contributed by atoms with Gasteiger partial charge in [-0.15, -0.1) is 0 Å². The maximum Gasteiger partial charge on any atom is 0.394 e. The highest BCUT2D eigenvalue weighted by atomic mass is 19.4. The highest BCUT2D eigenvalue weighted by Gasteiger charge is 2.80. The van der Waals surface area contributed by atoms with Gasteiger partial charge in [0.15, 0.2) is 17.6 Å². The normalized spacial score (nSPS) is 21.2. The average molecular weight is 722 g/mol. The van der Waals surface area contributed by atoms with E-state index in [1.54, 1.807) is 27.7 Å². The Morgan fingerprint density at radius 2 is 1.83 bits per heavy atom. The van der Waals surface area contributed by atoms with Crippen LogP contribution in [0.1, 0.15) is 42.2 Å². The van der Waals surface area contributed by atoms with Crippen LogP contribution in [-0.2, 0) is 17.8 Å². The van der Waals surface area contributed by atoms with Gasteiger partial charge in [-0.2, -0.15) is 18.2 Å². The molecule has 2 bridgehead atoms. The van der Waals surface area contributed by atoms with Crippen LogP contribution >= 0.6 is 0 Å². The predicted molar refractivity (Wildman–Crippen MR) is 179 cm³/mol. The standard InChI is InChI=1S/C35H34F3N7O7/c1-3-21-25(43-10-12-44(13-11-43)31(48)24-22(46)5-4-20-27(24)51-18-41-20)26(47)28-29(42-30(52-28)19-6-7-39-23(14-19)50-2)45(21)9-8-40-32(49)33-15-34(16-33,17-33)35(36,37)38/h4-7,14,18,46H,3,8-13,15-17H2,1-2H3,(H,40,49). The van der Waals surface area contributed by atoms with Crippen LogP contribution in [0.15, 0.2) is 50.5 Å². The number of fused-ring (bicyclic) bond motifs is 2. The van der Waals surface area contributed by atoms with E-state index in [1.165, 1.54) is 25.8 Å². The topological polar surface area (TPSA) is 169 Å². The van der Waals surface area contributed by atoms with E-state index >= 15 is 0 Å². The number of nitrogens with zero attached hydrogens (tertiary/aromatic N) is 6. The van der Waals surface area contributed by atoms with Crippen LogP contribution < -0.4 is 20.4 Å². The summed E-state index contributed by atoms with van der Waals surface area (Å²) >= 11 is 0. The number of aromatic nitrogens is 4. The molecule has 4 fully saturated rings. The molecular weight excluding hydrogens is 687 g/mol. The molecule has 3 aliphatic carbocycles. The lowest BCUT2D eigenvalue weighted by molar-refractivity contribution is -0.351. The number of nitrogens with one attached hydrogen (secondary N) is 1. The lowest BCUT2D eigenvalue weighted by atomic mass is 9.34. The zero-order valence-corrected chi connectivity index (χ0v) is 28.2. The number of amides is 2. The number of oxazole rings is 2. The van der Waals surface area contributed by atoms with Gasteiger partial charge >= 0.3 is 6.18 Å². The van der Waals surface area contributed by atoms with Gasteiger partial charge in [-0.25, -0.2) is 9.97 Å². The molecule has 5 heterocycles. The Morgan fingerprint density at radius 1 is 1.08 bits per heavy atom. The Hall–Kier alpha value is -5.61. The van der Waals surface area contributed by atoms with E-state index in [0.29, 0.717) is 34.8 Å². The number of ether oxygens (including phenoxy) is 1. The van der Waals surface area contributed by atoms with Gasteiger partial charge in [-0.05, 0) is 43.9 Å². The third-order valence-corrected chi connectivity index (χ3v) is 10.7. The van der Waals surface area contributed by atoms with Crippen LogP contribution in [0.5, 0.6) is 11.6 Å². The number of hydrogen-bond donors (Lipinski definition) is 2. The molecule has 17 heteroatoms. The average Bonchev–Trinajstić information content (AvgIpc) is 3.75. The van der Waals surface area contributed by atoms with E-state index in [1.807, 2.05) is 11.8 Å². The van der Waals surface area contributed by atoms with Crippen molar-refractivity contribution < 1.29 is 41.4 Å². The second kappa shape index (κ2) is 12.0. The van der Waals surface area contributed by atoms with Gasteiger partial charge in [-0.1, -0.05) is 6.92 Å². The van der Waals surface area contributed by atoms with Gasteiger partial charge in [0.1, 0.15) is 22.5 Å². The molecule has 0 spiro atoms. The SMILES string of the molecule is CCc1c(N2CCN(C(=O)c3c(O)ccc4ncoc34)CC2)c(=O)c2oc(-c3ccnc(OC)c3)nc2n1CCNC(=O)C12CC(C(F)(F)F)(C1)C2. The molecule has 0 unspecified atom stereocenters. The number of carbonyl (C=O) groups excluding carboxylic acids is 2. The van der Waals surface area contributed by atoms with Gasteiger partial charge < -0.3 is 38.4 Å². The highest BCUT2D eigenvalue weighted by molar-refractivity contribution is 6.06. The second-order valence-electron chi connectivity index (χ2n) is 13.7. The van der Waals surface area contributed by atoms with Crippen molar-refractivity contribution in [2.24, 2.45) is 10.8 Å². The number of pyridine rings is 2. The maximum atomic E-state index is 14.3. The molecule has 3 saturated carbocycles. The third-order valence-electron chi connectivity index (χ3n) is 10.7. The highest BCUT2D eigenvalue weighted by Crippen LogP contribution is 2.78. The van der Waals surface area contributed by atoms with Crippen molar-refractivity contribution in [1.29, 1.82) is 0 Å². The minimum atomic E-state index is -4.32. The van der Waals surface area contributed by atoms with E-state index in [9.17, 15) is 32.7 Å². The Kier molecular flexibility index (Phi) is 7.73. The third kappa shape index (κ3) is 5.07. The number of aromatic hydroxyl groups is 1. The zero-order chi connectivity index (χ0) is 36.6. The van der Waals surface area contributed by atoms with Crippen LogP contribution in [0, 0.1) is 10.8 Å². The van der Waals surface area contributed by atoms with Gasteiger partial charge in [0.2, 0.25) is 28.7 Å². The molecule has 1 aromatic carbocycles. The molecule has 4 aliphatic rings. The fraction of sp³-hybridized carbons (Fsp3) is 0.429. The van der Waals surface area contributed by atoms with E-state index < -0.39 is 34.2 Å². The van der Waals surface area contributed by atoms with Crippen LogP contribution in [0.3, 0.4) is 0 Å². The molecule has 1 saturated heterocycles. The van der Waals surface area contributed by atoms with Crippen LogP contribution in [0.25, 0.3) is 33.8 Å². The molecule has 272 valence electrons. The monoisotopic (exact) mass is 721 g/mol. The molecule has 14 nitrogen and oxygen atoms in total. The summed E-state index contributed by atoms with van der Waals surface area (Å²) in [4.78, 5) is 57.3. The number of piperazine rings is 1. The van der Waals surface area contributed by atoms with Gasteiger partial charge in [0.05, 0.1) is 17.9 Å². The Morgan fingerprint density at radius 3 is 2.52 bits per heavy atom. The number of benzene rings is 1. The first kappa shape index (κ1) is 33.5. The number of phenols is 1. The summed E-state index contributed by atoms with van der Waals surface area (Å²) in [5, 5.41) is 13.4. The van der Waals surface area contributed by atoms with Crippen LogP contribution in [0.4, 0.5) is 18.9 Å². The molecule has 0 radical (unpaired) electrons. The fourth-order valence-electron chi connectivity index (χ4n) is 8.05. The number of halogens is 3. The van der Waals surface area contributed by atoms with E-state index in [-0.39, 0.29) is 92.5 Å². The zero-order valence-electron chi connectivity index (χ0n) is 28.2. The molecular formula is C35H34F3N7O7. The quantitative estimate of drug-likeness (QED) is 0.223. The summed E-state index contributed by atoms with van der Waals surface area (Å²) in [6.45, 7) is 3.11. The van der Waals surface area contributed by atoms with Gasteiger partial charge in [0, 0.05) is 62.8 Å². The van der Waals surface area contributed by atoms with Crippen molar-refractivity contribution in [1.82, 2.24) is 29.7 Å². The number of phenolic OH excluding ortho intramolecular Hbond substituents is 1. The molecule has 0 atom stereocenters. The number of alkyl halides is 3. The first-order valence-corrected chi connectivity index (χ1v) is 16.9. The molecule has 5 aromatic rings. The smallest absolute Gasteiger partial charge is 0.394 e. The minimum Gasteiger partial charge on any atom is -0.507 e. The van der Waals surface area contributed by atoms with E-state index in [4.69, 9.17) is 18.6 Å². The first-order valence-electron chi connectivity index (χ1n) is 16.9. The summed E-state index contributed by atoms with van der Waals surface area (Å²) in [6, 6.07) is 6.23. The lowest BCUT2D eigenvalue weighted by Gasteiger charge is -2.69. The van der Waals surface area contributed by atoms with Crippen molar-refractivity contribution in [3.8, 4) is 23.1 Å². The van der Waals surface area contributed by atoms with E-state index in [2.05, 4.69) is 15.3 Å².